The Bertz CT molecular complexity index is 1190. The molecule has 3 aromatic rings. The first-order valence-electron chi connectivity index (χ1n) is 10.1. The third-order valence-corrected chi connectivity index (χ3v) is 5.57. The van der Waals surface area contributed by atoms with Crippen molar-refractivity contribution in [2.45, 2.75) is 36.9 Å². The van der Waals surface area contributed by atoms with Gasteiger partial charge in [0.05, 0.1) is 17.7 Å². The number of carboxylic acids is 1. The van der Waals surface area contributed by atoms with Gasteiger partial charge in [0.25, 0.3) is 6.29 Å². The van der Waals surface area contributed by atoms with Gasteiger partial charge in [0.15, 0.2) is 5.69 Å². The minimum atomic E-state index is -4.84. The highest BCUT2D eigenvalue weighted by atomic mass is 19.4. The molecule has 1 aliphatic rings. The van der Waals surface area contributed by atoms with Crippen LogP contribution in [0.4, 0.5) is 13.2 Å². The zero-order valence-corrected chi connectivity index (χ0v) is 17.3. The molecule has 0 aliphatic carbocycles. The van der Waals surface area contributed by atoms with E-state index >= 15 is 0 Å². The molecule has 1 saturated heterocycles. The predicted molar refractivity (Wildman–Crippen MR) is 110 cm³/mol. The molecule has 1 fully saturated rings. The number of carboxylic acid groups (broad SMARTS) is 1. The summed E-state index contributed by atoms with van der Waals surface area (Å²) in [4.78, 5) is 17.3. The summed E-state index contributed by atoms with van der Waals surface area (Å²) in [5.41, 5.74) is -1.56. The second-order valence-corrected chi connectivity index (χ2v) is 7.75. The molecule has 2 heterocycles. The van der Waals surface area contributed by atoms with Crippen molar-refractivity contribution in [2.75, 3.05) is 6.61 Å². The van der Waals surface area contributed by atoms with E-state index < -0.39 is 66.1 Å². The van der Waals surface area contributed by atoms with Crippen LogP contribution in [0.2, 0.25) is 0 Å². The van der Waals surface area contributed by atoms with E-state index in [-0.39, 0.29) is 11.1 Å². The number of aliphatic hydroxyl groups excluding tert-OH is 4. The molecule has 0 amide bonds. The number of hydrogen-bond acceptors (Lipinski definition) is 7. The molecule has 0 spiro atoms. The van der Waals surface area contributed by atoms with Gasteiger partial charge in [-0.05, 0) is 29.3 Å². The van der Waals surface area contributed by atoms with Crippen LogP contribution in [-0.4, -0.2) is 73.5 Å². The van der Waals surface area contributed by atoms with Crippen molar-refractivity contribution in [3.05, 3.63) is 59.8 Å². The van der Waals surface area contributed by atoms with Crippen molar-refractivity contribution in [1.82, 2.24) is 4.73 Å². The standard InChI is InChI=1S/C22H20F3NO8/c23-22(24,25)13-6-11(10-4-2-1-3-5-10)7-14-12(13)8-15(20(31)32)26(14)34-21-19(30)18(29)17(28)16(9-27)33-21/h1-8,16-19,21,27-30H,9H2,(H,31,32)/t16-,17-,18+,19+,21+/m1/s1. The van der Waals surface area contributed by atoms with Crippen LogP contribution in [0, 0.1) is 0 Å². The number of nitrogens with zero attached hydrogens (tertiary/aromatic N) is 1. The van der Waals surface area contributed by atoms with Crippen LogP contribution in [0.1, 0.15) is 16.1 Å². The Morgan fingerprint density at radius 1 is 1.00 bits per heavy atom. The third-order valence-electron chi connectivity index (χ3n) is 5.57. The summed E-state index contributed by atoms with van der Waals surface area (Å²) in [5, 5.41) is 48.7. The highest BCUT2D eigenvalue weighted by Crippen LogP contribution is 2.39. The van der Waals surface area contributed by atoms with E-state index in [1.807, 2.05) is 0 Å². The number of ether oxygens (including phenoxy) is 1. The molecule has 0 radical (unpaired) electrons. The van der Waals surface area contributed by atoms with Gasteiger partial charge in [-0.3, -0.25) is 0 Å². The molecule has 0 saturated carbocycles. The molecule has 1 aliphatic heterocycles. The van der Waals surface area contributed by atoms with Crippen LogP contribution in [0.15, 0.2) is 48.5 Å². The van der Waals surface area contributed by atoms with Crippen molar-refractivity contribution in [2.24, 2.45) is 0 Å². The fraction of sp³-hybridized carbons (Fsp3) is 0.318. The normalized spacial score (nSPS) is 25.4. The number of aliphatic hydroxyl groups is 4. The van der Waals surface area contributed by atoms with E-state index in [9.17, 15) is 43.5 Å². The molecule has 0 unspecified atom stereocenters. The Morgan fingerprint density at radius 2 is 1.68 bits per heavy atom. The van der Waals surface area contributed by atoms with Gasteiger partial charge in [-0.15, -0.1) is 0 Å². The van der Waals surface area contributed by atoms with Crippen LogP contribution >= 0.6 is 0 Å². The quantitative estimate of drug-likeness (QED) is 0.365. The van der Waals surface area contributed by atoms with Crippen molar-refractivity contribution in [1.29, 1.82) is 0 Å². The lowest BCUT2D eigenvalue weighted by molar-refractivity contribution is -0.299. The zero-order valence-electron chi connectivity index (χ0n) is 17.3. The van der Waals surface area contributed by atoms with Crippen LogP contribution in [0.3, 0.4) is 0 Å². The summed E-state index contributed by atoms with van der Waals surface area (Å²) in [6.07, 6.45) is -13.5. The van der Waals surface area contributed by atoms with Gasteiger partial charge in [-0.25, -0.2) is 4.79 Å². The summed E-state index contributed by atoms with van der Waals surface area (Å²) < 4.78 is 47.5. The smallest absolute Gasteiger partial charge is 0.417 e. The highest BCUT2D eigenvalue weighted by Gasteiger charge is 2.45. The lowest BCUT2D eigenvalue weighted by Crippen LogP contribution is -2.61. The predicted octanol–water partition coefficient (Wildman–Crippen LogP) is 1.25. The van der Waals surface area contributed by atoms with Gasteiger partial charge in [0.2, 0.25) is 0 Å². The summed E-state index contributed by atoms with van der Waals surface area (Å²) in [7, 11) is 0. The average molecular weight is 483 g/mol. The molecule has 9 nitrogen and oxygen atoms in total. The number of halogens is 3. The number of rotatable bonds is 5. The SMILES string of the molecule is O=C(O)c1cc2c(C(F)(F)F)cc(-c3ccccc3)cc2n1O[C@@H]1O[C@H](CO)[C@@H](O)[C@H](O)[C@@H]1O. The highest BCUT2D eigenvalue weighted by molar-refractivity contribution is 5.97. The fourth-order valence-electron chi connectivity index (χ4n) is 3.84. The minimum Gasteiger partial charge on any atom is -0.476 e. The van der Waals surface area contributed by atoms with Gasteiger partial charge in [-0.2, -0.15) is 17.9 Å². The van der Waals surface area contributed by atoms with Gasteiger partial charge in [0.1, 0.15) is 24.4 Å². The van der Waals surface area contributed by atoms with E-state index in [1.165, 1.54) is 6.07 Å². The summed E-state index contributed by atoms with van der Waals surface area (Å²) in [6.45, 7) is -0.778. The molecular weight excluding hydrogens is 463 g/mol. The molecule has 12 heteroatoms. The maximum atomic E-state index is 13.9. The molecule has 34 heavy (non-hydrogen) atoms. The Labute approximate surface area is 189 Å². The molecule has 1 aromatic heterocycles. The Hall–Kier alpha value is -3.16. The Balaban J connectivity index is 1.90. The number of aromatic carboxylic acids is 1. The van der Waals surface area contributed by atoms with Gasteiger partial charge < -0.3 is 35.1 Å². The molecular formula is C22H20F3NO8. The summed E-state index contributed by atoms with van der Waals surface area (Å²) >= 11 is 0. The van der Waals surface area contributed by atoms with Crippen LogP contribution in [-0.2, 0) is 10.9 Å². The average Bonchev–Trinajstić information content (AvgIpc) is 3.17. The van der Waals surface area contributed by atoms with Crippen molar-refractivity contribution >= 4 is 16.9 Å². The lowest BCUT2D eigenvalue weighted by Gasteiger charge is -2.39. The van der Waals surface area contributed by atoms with Crippen molar-refractivity contribution in [3.8, 4) is 11.1 Å². The Kier molecular flexibility index (Phi) is 6.27. The second-order valence-electron chi connectivity index (χ2n) is 7.75. The zero-order chi connectivity index (χ0) is 24.8. The maximum Gasteiger partial charge on any atom is 0.417 e. The number of carbonyl (C=O) groups is 1. The Morgan fingerprint density at radius 3 is 2.26 bits per heavy atom. The van der Waals surface area contributed by atoms with E-state index in [0.29, 0.717) is 10.3 Å². The molecule has 2 aromatic carbocycles. The first kappa shape index (κ1) is 24.0. The first-order chi connectivity index (χ1) is 16.0. The maximum absolute atomic E-state index is 13.9. The fourth-order valence-corrected chi connectivity index (χ4v) is 3.84. The van der Waals surface area contributed by atoms with Crippen LogP contribution in [0.25, 0.3) is 22.0 Å². The molecule has 182 valence electrons. The molecule has 5 N–H and O–H groups in total. The van der Waals surface area contributed by atoms with Crippen LogP contribution in [0.5, 0.6) is 0 Å². The first-order valence-corrected chi connectivity index (χ1v) is 10.1. The van der Waals surface area contributed by atoms with Gasteiger partial charge in [-0.1, -0.05) is 30.3 Å². The summed E-state index contributed by atoms with van der Waals surface area (Å²) in [6, 6.07) is 11.0. The monoisotopic (exact) mass is 483 g/mol. The molecule has 5 atom stereocenters. The minimum absolute atomic E-state index is 0.120. The van der Waals surface area contributed by atoms with E-state index in [1.54, 1.807) is 30.3 Å². The van der Waals surface area contributed by atoms with E-state index in [0.717, 1.165) is 12.1 Å². The molecule has 0 bridgehead atoms. The van der Waals surface area contributed by atoms with Gasteiger partial charge >= 0.3 is 12.1 Å². The number of hydrogen-bond donors (Lipinski definition) is 5. The number of aromatic nitrogens is 1. The second kappa shape index (κ2) is 8.89. The van der Waals surface area contributed by atoms with Crippen molar-refractivity contribution in [3.63, 3.8) is 0 Å². The molecule has 4 rings (SSSR count). The van der Waals surface area contributed by atoms with Crippen LogP contribution < -0.4 is 4.84 Å². The van der Waals surface area contributed by atoms with E-state index in [4.69, 9.17) is 9.57 Å². The number of alkyl halides is 3. The summed E-state index contributed by atoms with van der Waals surface area (Å²) in [5.74, 6) is -1.63. The third kappa shape index (κ3) is 4.21. The lowest BCUT2D eigenvalue weighted by atomic mass is 9.99. The van der Waals surface area contributed by atoms with Gasteiger partial charge in [0, 0.05) is 5.39 Å². The largest absolute Gasteiger partial charge is 0.476 e. The number of fused-ring (bicyclic) bond motifs is 1. The number of benzene rings is 2. The van der Waals surface area contributed by atoms with Crippen molar-refractivity contribution < 1.29 is 53.1 Å². The van der Waals surface area contributed by atoms with E-state index in [2.05, 4.69) is 0 Å². The topological polar surface area (TPSA) is 142 Å².